The van der Waals surface area contributed by atoms with Crippen LogP contribution in [0.3, 0.4) is 0 Å². The summed E-state index contributed by atoms with van der Waals surface area (Å²) in [4.78, 5) is 2.92. The molecular formula is C8H6FN. The van der Waals surface area contributed by atoms with Crippen LogP contribution in [0.5, 0.6) is 0 Å². The molecular weight excluding hydrogens is 128 g/mol. The average molecular weight is 134 g/mol. The highest BCUT2D eigenvalue weighted by atomic mass is 18.2. The Kier molecular flexibility index (Phi) is 1.01. The highest BCUT2D eigenvalue weighted by Gasteiger charge is 1.93. The second-order valence-corrected chi connectivity index (χ2v) is 2.21. The molecule has 2 aromatic rings. The Morgan fingerprint density at radius 1 is 1.20 bits per heavy atom. The zero-order chi connectivity index (χ0) is 6.97. The molecule has 2 heteroatoms. The fourth-order valence-electron chi connectivity index (χ4n) is 1.02. The Bertz CT molecular complexity index is 351. The minimum Gasteiger partial charge on any atom is -0.361 e. The maximum absolute atomic E-state index is 12.5. The Morgan fingerprint density at radius 2 is 2.10 bits per heavy atom. The van der Waals surface area contributed by atoms with Crippen molar-refractivity contribution in [2.75, 3.05) is 0 Å². The Hall–Kier alpha value is -1.31. The Balaban J connectivity index is 2.86. The number of rotatable bonds is 0. The van der Waals surface area contributed by atoms with Gasteiger partial charge in [0.05, 0.1) is 0 Å². The molecule has 1 nitrogen and oxygen atoms in total. The first kappa shape index (κ1) is 5.47. The van der Waals surface area contributed by atoms with Crippen molar-refractivity contribution >= 4 is 10.9 Å². The van der Waals surface area contributed by atoms with Crippen molar-refractivity contribution in [2.45, 2.75) is 0 Å². The molecule has 0 saturated carbocycles. The third kappa shape index (κ3) is 0.692. The molecule has 0 atom stereocenters. The lowest BCUT2D eigenvalue weighted by atomic mass is 10.2. The van der Waals surface area contributed by atoms with Crippen molar-refractivity contribution in [3.63, 3.8) is 0 Å². The van der Waals surface area contributed by atoms with E-state index in [1.54, 1.807) is 12.3 Å². The normalized spacial score (nSPS) is 10.5. The summed E-state index contributed by atoms with van der Waals surface area (Å²) in [6.07, 6.45) is 1.80. The van der Waals surface area contributed by atoms with Crippen LogP contribution >= 0.6 is 0 Å². The van der Waals surface area contributed by atoms with Crippen LogP contribution in [0.4, 0.5) is 4.39 Å². The van der Waals surface area contributed by atoms with E-state index in [9.17, 15) is 4.39 Å². The van der Waals surface area contributed by atoms with Gasteiger partial charge in [-0.2, -0.15) is 0 Å². The lowest BCUT2D eigenvalue weighted by Gasteiger charge is -1.87. The highest BCUT2D eigenvalue weighted by molar-refractivity contribution is 5.78. The van der Waals surface area contributed by atoms with E-state index in [2.05, 4.69) is 4.98 Å². The topological polar surface area (TPSA) is 15.8 Å². The van der Waals surface area contributed by atoms with Crippen molar-refractivity contribution in [3.05, 3.63) is 36.3 Å². The van der Waals surface area contributed by atoms with E-state index in [0.29, 0.717) is 0 Å². The summed E-state index contributed by atoms with van der Waals surface area (Å²) in [5, 5.41) is 1.04. The number of hydrogen-bond donors (Lipinski definition) is 1. The maximum atomic E-state index is 12.5. The second-order valence-electron chi connectivity index (χ2n) is 2.21. The van der Waals surface area contributed by atoms with Crippen LogP contribution in [0.1, 0.15) is 0 Å². The van der Waals surface area contributed by atoms with Gasteiger partial charge in [0.25, 0.3) is 0 Å². The van der Waals surface area contributed by atoms with Gasteiger partial charge in [-0.3, -0.25) is 0 Å². The molecule has 0 saturated heterocycles. The van der Waals surface area contributed by atoms with Gasteiger partial charge in [-0.25, -0.2) is 4.39 Å². The van der Waals surface area contributed by atoms with Gasteiger partial charge in [0.1, 0.15) is 5.82 Å². The molecule has 10 heavy (non-hydrogen) atoms. The van der Waals surface area contributed by atoms with Gasteiger partial charge in [0.15, 0.2) is 0 Å². The molecule has 0 radical (unpaired) electrons. The van der Waals surface area contributed by atoms with Gasteiger partial charge < -0.3 is 4.98 Å². The van der Waals surface area contributed by atoms with Crippen molar-refractivity contribution in [1.82, 2.24) is 4.98 Å². The minimum absolute atomic E-state index is 0.199. The number of fused-ring (bicyclic) bond motifs is 1. The molecule has 0 unspecified atom stereocenters. The minimum atomic E-state index is -0.199. The van der Waals surface area contributed by atoms with E-state index in [0.717, 1.165) is 10.9 Å². The Morgan fingerprint density at radius 3 is 3.00 bits per heavy atom. The third-order valence-corrected chi connectivity index (χ3v) is 1.52. The summed E-state index contributed by atoms with van der Waals surface area (Å²) in [6.45, 7) is 0. The monoisotopic (exact) mass is 134 g/mol. The zero-order valence-electron chi connectivity index (χ0n) is 5.26. The smallest absolute Gasteiger partial charge is 0.125 e. The van der Waals surface area contributed by atoms with E-state index in [1.165, 1.54) is 12.1 Å². The Labute approximate surface area is 57.5 Å². The molecule has 0 fully saturated rings. The van der Waals surface area contributed by atoms with Crippen LogP contribution in [-0.4, -0.2) is 4.98 Å². The summed E-state index contributed by atoms with van der Waals surface area (Å²) < 4.78 is 12.5. The summed E-state index contributed by atoms with van der Waals surface area (Å²) in [5.74, 6) is -0.199. The molecule has 0 aliphatic carbocycles. The lowest BCUT2D eigenvalue weighted by molar-refractivity contribution is 0.629. The van der Waals surface area contributed by atoms with E-state index in [-0.39, 0.29) is 5.82 Å². The van der Waals surface area contributed by atoms with Crippen LogP contribution in [-0.2, 0) is 0 Å². The van der Waals surface area contributed by atoms with Crippen molar-refractivity contribution in [3.8, 4) is 0 Å². The van der Waals surface area contributed by atoms with E-state index in [1.807, 2.05) is 6.07 Å². The molecule has 50 valence electrons. The summed E-state index contributed by atoms with van der Waals surface area (Å²) >= 11 is 0. The first-order valence-electron chi connectivity index (χ1n) is 3.09. The first-order chi connectivity index (χ1) is 4.86. The summed E-state index contributed by atoms with van der Waals surface area (Å²) in [6, 6.07) is 6.60. The molecule has 1 aromatic carbocycles. The molecule has 0 amide bonds. The van der Waals surface area contributed by atoms with Crippen LogP contribution in [0.15, 0.2) is 30.5 Å². The number of aromatic amines is 1. The largest absolute Gasteiger partial charge is 0.361 e. The quantitative estimate of drug-likeness (QED) is 0.569. The molecule has 0 bridgehead atoms. The van der Waals surface area contributed by atoms with Gasteiger partial charge in [-0.15, -0.1) is 0 Å². The number of H-pyrrole nitrogens is 1. The van der Waals surface area contributed by atoms with Gasteiger partial charge in [-0.05, 0) is 29.7 Å². The molecule has 1 N–H and O–H groups in total. The van der Waals surface area contributed by atoms with Crippen molar-refractivity contribution < 1.29 is 4.39 Å². The number of aromatic nitrogens is 1. The van der Waals surface area contributed by atoms with Gasteiger partial charge >= 0.3 is 0 Å². The molecule has 0 aliphatic heterocycles. The summed E-state index contributed by atoms with van der Waals surface area (Å²) in [7, 11) is 0. The number of benzene rings is 1. The van der Waals surface area contributed by atoms with Crippen LogP contribution in [0.25, 0.3) is 10.9 Å². The number of halogens is 1. The van der Waals surface area contributed by atoms with Crippen LogP contribution in [0.2, 0.25) is 0 Å². The van der Waals surface area contributed by atoms with Crippen molar-refractivity contribution in [2.24, 2.45) is 0 Å². The second kappa shape index (κ2) is 1.84. The molecule has 1 heterocycles. The standard InChI is InChI=1S/C8H6FN/c9-7-2-1-6-3-4-10-8(6)5-7/h1-5,10H/i9-1. The fourth-order valence-corrected chi connectivity index (χ4v) is 1.02. The van der Waals surface area contributed by atoms with Gasteiger partial charge in [0, 0.05) is 11.7 Å². The summed E-state index contributed by atoms with van der Waals surface area (Å²) in [5.41, 5.74) is 0.847. The first-order valence-corrected chi connectivity index (χ1v) is 3.09. The third-order valence-electron chi connectivity index (χ3n) is 1.52. The molecule has 2 rings (SSSR count). The average Bonchev–Trinajstić information content (AvgIpc) is 2.33. The van der Waals surface area contributed by atoms with Crippen LogP contribution < -0.4 is 0 Å². The predicted octanol–water partition coefficient (Wildman–Crippen LogP) is 2.31. The van der Waals surface area contributed by atoms with Gasteiger partial charge in [-0.1, -0.05) is 0 Å². The SMILES string of the molecule is [18F]c1ccc2cc[nH]c2c1. The van der Waals surface area contributed by atoms with Crippen LogP contribution in [0, 0.1) is 5.82 Å². The van der Waals surface area contributed by atoms with E-state index < -0.39 is 0 Å². The molecule has 0 spiro atoms. The number of hydrogen-bond acceptors (Lipinski definition) is 0. The van der Waals surface area contributed by atoms with Crippen molar-refractivity contribution in [1.29, 1.82) is 0 Å². The number of nitrogens with one attached hydrogen (secondary N) is 1. The van der Waals surface area contributed by atoms with Gasteiger partial charge in [0.2, 0.25) is 0 Å². The highest BCUT2D eigenvalue weighted by Crippen LogP contribution is 2.12. The fraction of sp³-hybridized carbons (Fsp3) is 0. The van der Waals surface area contributed by atoms with E-state index in [4.69, 9.17) is 0 Å². The lowest BCUT2D eigenvalue weighted by Crippen LogP contribution is -1.71. The zero-order valence-corrected chi connectivity index (χ0v) is 5.26. The molecule has 0 aliphatic rings. The predicted molar refractivity (Wildman–Crippen MR) is 38.3 cm³/mol. The maximum Gasteiger partial charge on any atom is 0.125 e. The molecule has 1 aromatic heterocycles. The van der Waals surface area contributed by atoms with E-state index >= 15 is 0 Å².